The number of amides is 1. The molecule has 7 heteroatoms. The summed E-state index contributed by atoms with van der Waals surface area (Å²) in [5, 5.41) is 3.71. The van der Waals surface area contributed by atoms with Crippen LogP contribution < -0.4 is 19.5 Å². The van der Waals surface area contributed by atoms with Crippen molar-refractivity contribution in [2.24, 2.45) is 0 Å². The van der Waals surface area contributed by atoms with E-state index in [1.807, 2.05) is 24.3 Å². The van der Waals surface area contributed by atoms with Gasteiger partial charge in [-0.25, -0.2) is 4.98 Å². The van der Waals surface area contributed by atoms with Crippen LogP contribution in [0.25, 0.3) is 16.3 Å². The maximum atomic E-state index is 12.1. The highest BCUT2D eigenvalue weighted by Crippen LogP contribution is 2.38. The lowest BCUT2D eigenvalue weighted by Crippen LogP contribution is -2.20. The lowest BCUT2D eigenvalue weighted by atomic mass is 10.1. The molecule has 0 saturated heterocycles. The van der Waals surface area contributed by atoms with E-state index in [0.717, 1.165) is 20.8 Å². The Labute approximate surface area is 161 Å². The zero-order valence-corrected chi connectivity index (χ0v) is 16.1. The molecule has 1 amide bonds. The number of nitrogens with one attached hydrogen (secondary N) is 1. The molecule has 1 aromatic heterocycles. The van der Waals surface area contributed by atoms with Crippen LogP contribution in [-0.4, -0.2) is 32.2 Å². The van der Waals surface area contributed by atoms with Crippen molar-refractivity contribution < 1.29 is 19.0 Å². The van der Waals surface area contributed by atoms with E-state index < -0.39 is 0 Å². The summed E-state index contributed by atoms with van der Waals surface area (Å²) in [5.74, 6) is 1.37. The minimum absolute atomic E-state index is 0.206. The fourth-order valence-electron chi connectivity index (χ4n) is 2.59. The Morgan fingerprint density at radius 3 is 2.44 bits per heavy atom. The first-order valence-corrected chi connectivity index (χ1v) is 9.06. The number of hydrogen-bond acceptors (Lipinski definition) is 6. The number of hydrogen-bond donors (Lipinski definition) is 1. The molecule has 0 aliphatic carbocycles. The number of methoxy groups -OCH3 is 3. The van der Waals surface area contributed by atoms with E-state index in [1.165, 1.54) is 6.08 Å². The predicted octanol–water partition coefficient (Wildman–Crippen LogP) is 3.65. The van der Waals surface area contributed by atoms with E-state index in [0.29, 0.717) is 23.8 Å². The standard InChI is InChI=1S/C20H20N2O4S/c1-24-15-10-13(11-16(25-2)20(15)26-3)8-9-18(23)21-12-19-22-14-6-4-5-7-17(14)27-19/h4-11H,12H2,1-3H3,(H,21,23)/b9-8+. The molecule has 0 unspecified atom stereocenters. The molecule has 1 N–H and O–H groups in total. The van der Waals surface area contributed by atoms with Crippen molar-refractivity contribution in [3.8, 4) is 17.2 Å². The summed E-state index contributed by atoms with van der Waals surface area (Å²) in [7, 11) is 4.65. The van der Waals surface area contributed by atoms with E-state index in [2.05, 4.69) is 10.3 Å². The van der Waals surface area contributed by atoms with E-state index in [1.54, 1.807) is 50.9 Å². The zero-order valence-electron chi connectivity index (χ0n) is 15.3. The van der Waals surface area contributed by atoms with Gasteiger partial charge >= 0.3 is 0 Å². The van der Waals surface area contributed by atoms with Crippen molar-refractivity contribution in [2.75, 3.05) is 21.3 Å². The quantitative estimate of drug-likeness (QED) is 0.630. The second-order valence-corrected chi connectivity index (χ2v) is 6.70. The number of fused-ring (bicyclic) bond motifs is 1. The van der Waals surface area contributed by atoms with Crippen LogP contribution in [-0.2, 0) is 11.3 Å². The van der Waals surface area contributed by atoms with Gasteiger partial charge in [-0.05, 0) is 35.9 Å². The first-order valence-electron chi connectivity index (χ1n) is 8.25. The van der Waals surface area contributed by atoms with Crippen molar-refractivity contribution >= 4 is 33.5 Å². The van der Waals surface area contributed by atoms with E-state index in [-0.39, 0.29) is 5.91 Å². The Morgan fingerprint density at radius 1 is 1.11 bits per heavy atom. The normalized spacial score (nSPS) is 10.9. The van der Waals surface area contributed by atoms with Crippen LogP contribution in [0.2, 0.25) is 0 Å². The Balaban J connectivity index is 1.67. The van der Waals surface area contributed by atoms with Crippen LogP contribution in [0.5, 0.6) is 17.2 Å². The number of thiazole rings is 1. The van der Waals surface area contributed by atoms with Gasteiger partial charge in [-0.2, -0.15) is 0 Å². The topological polar surface area (TPSA) is 69.7 Å². The molecule has 3 rings (SSSR count). The van der Waals surface area contributed by atoms with Gasteiger partial charge < -0.3 is 19.5 Å². The number of benzene rings is 2. The summed E-state index contributed by atoms with van der Waals surface area (Å²) >= 11 is 1.57. The third-order valence-electron chi connectivity index (χ3n) is 3.87. The van der Waals surface area contributed by atoms with Gasteiger partial charge in [-0.15, -0.1) is 11.3 Å². The minimum atomic E-state index is -0.206. The van der Waals surface area contributed by atoms with Gasteiger partial charge in [0.15, 0.2) is 11.5 Å². The molecule has 0 fully saturated rings. The van der Waals surface area contributed by atoms with E-state index >= 15 is 0 Å². The average molecular weight is 384 g/mol. The first kappa shape index (κ1) is 18.7. The number of para-hydroxylation sites is 1. The van der Waals surface area contributed by atoms with Crippen molar-refractivity contribution in [2.45, 2.75) is 6.54 Å². The van der Waals surface area contributed by atoms with Crippen LogP contribution in [0.15, 0.2) is 42.5 Å². The second kappa shape index (κ2) is 8.55. The van der Waals surface area contributed by atoms with Crippen molar-refractivity contribution in [1.82, 2.24) is 10.3 Å². The summed E-state index contributed by atoms with van der Waals surface area (Å²) in [6.45, 7) is 0.387. The fraction of sp³-hybridized carbons (Fsp3) is 0.200. The van der Waals surface area contributed by atoms with E-state index in [9.17, 15) is 4.79 Å². The monoisotopic (exact) mass is 384 g/mol. The number of carbonyl (C=O) groups excluding carboxylic acids is 1. The first-order chi connectivity index (χ1) is 13.1. The number of rotatable bonds is 7. The Kier molecular flexibility index (Phi) is 5.93. The highest BCUT2D eigenvalue weighted by atomic mass is 32.1. The minimum Gasteiger partial charge on any atom is -0.493 e. The van der Waals surface area contributed by atoms with Crippen LogP contribution >= 0.6 is 11.3 Å². The van der Waals surface area contributed by atoms with Crippen LogP contribution in [0.4, 0.5) is 0 Å². The Morgan fingerprint density at radius 2 is 1.81 bits per heavy atom. The molecule has 0 bridgehead atoms. The molecule has 0 aliphatic rings. The molecule has 0 radical (unpaired) electrons. The molecule has 0 spiro atoms. The highest BCUT2D eigenvalue weighted by molar-refractivity contribution is 7.18. The molecule has 6 nitrogen and oxygen atoms in total. The molecule has 3 aromatic rings. The van der Waals surface area contributed by atoms with Gasteiger partial charge in [0.05, 0.1) is 38.1 Å². The smallest absolute Gasteiger partial charge is 0.244 e. The molecular weight excluding hydrogens is 364 g/mol. The molecule has 1 heterocycles. The lowest BCUT2D eigenvalue weighted by Gasteiger charge is -2.12. The number of aromatic nitrogens is 1. The van der Waals surface area contributed by atoms with Gasteiger partial charge in [0.2, 0.25) is 11.7 Å². The molecule has 0 atom stereocenters. The maximum Gasteiger partial charge on any atom is 0.244 e. The van der Waals surface area contributed by atoms with Gasteiger partial charge in [-0.3, -0.25) is 4.79 Å². The summed E-state index contributed by atoms with van der Waals surface area (Å²) in [4.78, 5) is 16.6. The SMILES string of the molecule is COc1cc(/C=C/C(=O)NCc2nc3ccccc3s2)cc(OC)c1OC. The van der Waals surface area contributed by atoms with Crippen molar-refractivity contribution in [3.05, 3.63) is 53.0 Å². The molecular formula is C20H20N2O4S. The van der Waals surface area contributed by atoms with Gasteiger partial charge in [0.1, 0.15) is 5.01 Å². The second-order valence-electron chi connectivity index (χ2n) is 5.59. The van der Waals surface area contributed by atoms with Crippen LogP contribution in [0.1, 0.15) is 10.6 Å². The van der Waals surface area contributed by atoms with Crippen LogP contribution in [0.3, 0.4) is 0 Å². The number of nitrogens with zero attached hydrogens (tertiary/aromatic N) is 1. The van der Waals surface area contributed by atoms with Gasteiger partial charge in [0.25, 0.3) is 0 Å². The van der Waals surface area contributed by atoms with Gasteiger partial charge in [0, 0.05) is 6.08 Å². The Hall–Kier alpha value is -3.06. The summed E-state index contributed by atoms with van der Waals surface area (Å²) in [6, 6.07) is 11.5. The number of ether oxygens (including phenoxy) is 3. The average Bonchev–Trinajstić information content (AvgIpc) is 3.12. The summed E-state index contributed by atoms with van der Waals surface area (Å²) in [5.41, 5.74) is 1.71. The van der Waals surface area contributed by atoms with Crippen molar-refractivity contribution in [1.29, 1.82) is 0 Å². The molecule has 2 aromatic carbocycles. The summed E-state index contributed by atoms with van der Waals surface area (Å²) in [6.07, 6.45) is 3.16. The van der Waals surface area contributed by atoms with Crippen LogP contribution in [0, 0.1) is 0 Å². The van der Waals surface area contributed by atoms with Crippen molar-refractivity contribution in [3.63, 3.8) is 0 Å². The zero-order chi connectivity index (χ0) is 19.2. The summed E-state index contributed by atoms with van der Waals surface area (Å²) < 4.78 is 17.0. The molecule has 0 aliphatic heterocycles. The largest absolute Gasteiger partial charge is 0.493 e. The molecule has 27 heavy (non-hydrogen) atoms. The van der Waals surface area contributed by atoms with Gasteiger partial charge in [-0.1, -0.05) is 12.1 Å². The Bertz CT molecular complexity index is 923. The predicted molar refractivity (Wildman–Crippen MR) is 107 cm³/mol. The highest BCUT2D eigenvalue weighted by Gasteiger charge is 2.12. The fourth-order valence-corrected chi connectivity index (χ4v) is 3.49. The third kappa shape index (κ3) is 4.38. The maximum absolute atomic E-state index is 12.1. The third-order valence-corrected chi connectivity index (χ3v) is 4.90. The number of carbonyl (C=O) groups is 1. The molecule has 140 valence electrons. The molecule has 0 saturated carbocycles. The lowest BCUT2D eigenvalue weighted by molar-refractivity contribution is -0.116. The van der Waals surface area contributed by atoms with E-state index in [4.69, 9.17) is 14.2 Å².